The topological polar surface area (TPSA) is 71.4 Å². The van der Waals surface area contributed by atoms with Gasteiger partial charge in [0.15, 0.2) is 0 Å². The van der Waals surface area contributed by atoms with Gasteiger partial charge < -0.3 is 4.57 Å². The Kier molecular flexibility index (Phi) is 6.05. The summed E-state index contributed by atoms with van der Waals surface area (Å²) in [6.07, 6.45) is 3.45. The minimum absolute atomic E-state index is 0.112. The van der Waals surface area contributed by atoms with Gasteiger partial charge in [-0.1, -0.05) is 57.9 Å². The molecule has 2 heterocycles. The van der Waals surface area contributed by atoms with Crippen molar-refractivity contribution in [2.45, 2.75) is 13.5 Å². The Hall–Kier alpha value is -3.68. The van der Waals surface area contributed by atoms with Crippen LogP contribution in [-0.4, -0.2) is 22.4 Å². The van der Waals surface area contributed by atoms with Gasteiger partial charge in [0, 0.05) is 38.7 Å². The minimum atomic E-state index is -0.774. The number of urea groups is 1. The van der Waals surface area contributed by atoms with E-state index in [-0.39, 0.29) is 5.57 Å². The summed E-state index contributed by atoms with van der Waals surface area (Å²) in [6.45, 7) is 2.45. The third-order valence-corrected chi connectivity index (χ3v) is 7.03. The van der Waals surface area contributed by atoms with Gasteiger partial charge in [-0.25, -0.2) is 9.69 Å². The van der Waals surface area contributed by atoms with Crippen LogP contribution in [0.3, 0.4) is 0 Å². The largest absolute Gasteiger partial charge is 0.342 e. The normalized spacial score (nSPS) is 15.2. The molecule has 0 saturated carbocycles. The number of nitrogens with zero attached hydrogens (tertiary/aromatic N) is 2. The molecule has 0 spiro atoms. The molecule has 174 valence electrons. The fourth-order valence-corrected chi connectivity index (χ4v) is 4.50. The second kappa shape index (κ2) is 9.17. The highest BCUT2D eigenvalue weighted by molar-refractivity contribution is 9.10. The van der Waals surface area contributed by atoms with Crippen LogP contribution in [0, 0.1) is 6.92 Å². The molecule has 0 unspecified atom stereocenters. The smallest absolute Gasteiger partial charge is 0.335 e. The zero-order chi connectivity index (χ0) is 24.7. The number of aromatic nitrogens is 1. The molecule has 0 radical (unpaired) electrons. The number of rotatable bonds is 4. The van der Waals surface area contributed by atoms with E-state index >= 15 is 0 Å². The first-order valence-corrected chi connectivity index (χ1v) is 12.0. The number of fused-ring (bicyclic) bond motifs is 1. The van der Waals surface area contributed by atoms with Gasteiger partial charge in [-0.05, 0) is 60.5 Å². The van der Waals surface area contributed by atoms with Gasteiger partial charge in [0.05, 0.1) is 5.69 Å². The maximum atomic E-state index is 13.4. The van der Waals surface area contributed by atoms with E-state index in [1.54, 1.807) is 24.3 Å². The fraction of sp³-hybridized carbons (Fsp3) is 0.0741. The van der Waals surface area contributed by atoms with Crippen LogP contribution in [0.15, 0.2) is 83.0 Å². The maximum Gasteiger partial charge on any atom is 0.335 e. The minimum Gasteiger partial charge on any atom is -0.342 e. The number of carbonyl (C=O) groups is 3. The van der Waals surface area contributed by atoms with Gasteiger partial charge in [0.25, 0.3) is 11.8 Å². The number of halogens is 2. The highest BCUT2D eigenvalue weighted by Gasteiger charge is 2.37. The number of para-hydroxylation sites is 1. The van der Waals surface area contributed by atoms with E-state index in [4.69, 9.17) is 11.6 Å². The van der Waals surface area contributed by atoms with Gasteiger partial charge in [-0.15, -0.1) is 0 Å². The van der Waals surface area contributed by atoms with Crippen LogP contribution in [0.1, 0.15) is 16.7 Å². The number of amides is 4. The lowest BCUT2D eigenvalue weighted by Gasteiger charge is -2.26. The van der Waals surface area contributed by atoms with Crippen molar-refractivity contribution in [2.75, 3.05) is 4.90 Å². The molecule has 35 heavy (non-hydrogen) atoms. The third kappa shape index (κ3) is 4.40. The molecule has 0 aliphatic carbocycles. The molecule has 6 nitrogen and oxygen atoms in total. The van der Waals surface area contributed by atoms with Crippen LogP contribution in [0.25, 0.3) is 17.0 Å². The molecule has 4 aromatic rings. The van der Waals surface area contributed by atoms with Crippen LogP contribution in [-0.2, 0) is 16.1 Å². The van der Waals surface area contributed by atoms with Gasteiger partial charge in [0.2, 0.25) is 0 Å². The fourth-order valence-electron chi connectivity index (χ4n) is 4.12. The van der Waals surface area contributed by atoms with Gasteiger partial charge in [-0.2, -0.15) is 0 Å². The molecule has 8 heteroatoms. The Labute approximate surface area is 214 Å². The van der Waals surface area contributed by atoms with Crippen molar-refractivity contribution in [1.29, 1.82) is 0 Å². The third-order valence-electron chi connectivity index (χ3n) is 5.89. The highest BCUT2D eigenvalue weighted by atomic mass is 79.9. The lowest BCUT2D eigenvalue weighted by molar-refractivity contribution is -0.122. The Morgan fingerprint density at radius 1 is 1.00 bits per heavy atom. The standard InChI is InChI=1S/C27H19BrClN3O3/c1-16-12-20(10-11-23(16)28)32-26(34)22(25(33)30-27(32)35)13-18-15-31(24-5-3-2-4-21(18)24)14-17-6-8-19(29)9-7-17/h2-13,15H,14H2,1H3,(H,30,33,35)/b22-13+. The summed E-state index contributed by atoms with van der Waals surface area (Å²) in [5, 5.41) is 3.84. The maximum absolute atomic E-state index is 13.4. The van der Waals surface area contributed by atoms with E-state index < -0.39 is 17.8 Å². The van der Waals surface area contributed by atoms with E-state index in [1.807, 2.05) is 61.7 Å². The van der Waals surface area contributed by atoms with Crippen LogP contribution in [0.2, 0.25) is 5.02 Å². The van der Waals surface area contributed by atoms with E-state index in [2.05, 4.69) is 25.8 Å². The molecular weight excluding hydrogens is 530 g/mol. The second-order valence-corrected chi connectivity index (χ2v) is 9.54. The summed E-state index contributed by atoms with van der Waals surface area (Å²) in [5.74, 6) is -1.39. The molecule has 1 aromatic heterocycles. The van der Waals surface area contributed by atoms with Gasteiger partial charge in [-0.3, -0.25) is 14.9 Å². The lowest BCUT2D eigenvalue weighted by atomic mass is 10.1. The number of hydrogen-bond donors (Lipinski definition) is 1. The van der Waals surface area contributed by atoms with Gasteiger partial charge in [0.1, 0.15) is 5.57 Å². The summed E-state index contributed by atoms with van der Waals surface area (Å²) in [5.41, 5.74) is 3.85. The number of imide groups is 2. The zero-order valence-electron chi connectivity index (χ0n) is 18.6. The molecule has 5 rings (SSSR count). The number of barbiturate groups is 1. The monoisotopic (exact) mass is 547 g/mol. The average molecular weight is 549 g/mol. The molecular formula is C27H19BrClN3O3. The Bertz CT molecular complexity index is 1540. The molecule has 1 N–H and O–H groups in total. The van der Waals surface area contributed by atoms with Crippen LogP contribution in [0.4, 0.5) is 10.5 Å². The van der Waals surface area contributed by atoms with Crippen molar-refractivity contribution in [3.8, 4) is 0 Å². The summed E-state index contributed by atoms with van der Waals surface area (Å²) in [4.78, 5) is 39.6. The molecule has 1 aliphatic heterocycles. The van der Waals surface area contributed by atoms with Crippen molar-refractivity contribution >= 4 is 68.0 Å². The van der Waals surface area contributed by atoms with Crippen LogP contribution in [0.5, 0.6) is 0 Å². The van der Waals surface area contributed by atoms with E-state index in [9.17, 15) is 14.4 Å². The first-order chi connectivity index (χ1) is 16.8. The van der Waals surface area contributed by atoms with Crippen molar-refractivity contribution in [2.24, 2.45) is 0 Å². The molecule has 0 atom stereocenters. The Morgan fingerprint density at radius 3 is 2.49 bits per heavy atom. The first kappa shape index (κ1) is 23.1. The van der Waals surface area contributed by atoms with E-state index in [0.717, 1.165) is 31.4 Å². The molecule has 3 aromatic carbocycles. The number of aryl methyl sites for hydroxylation is 1. The van der Waals surface area contributed by atoms with Crippen molar-refractivity contribution in [3.05, 3.63) is 105 Å². The predicted molar refractivity (Wildman–Crippen MR) is 140 cm³/mol. The first-order valence-electron chi connectivity index (χ1n) is 10.8. The Balaban J connectivity index is 1.56. The predicted octanol–water partition coefficient (Wildman–Crippen LogP) is 6.08. The molecule has 1 fully saturated rings. The number of anilines is 1. The quantitative estimate of drug-likeness (QED) is 0.248. The number of carbonyl (C=O) groups excluding carboxylic acids is 3. The average Bonchev–Trinajstić information content (AvgIpc) is 3.17. The SMILES string of the molecule is Cc1cc(N2C(=O)NC(=O)/C(=C\c3cn(Cc4ccc(Cl)cc4)c4ccccc34)C2=O)ccc1Br. The highest BCUT2D eigenvalue weighted by Crippen LogP contribution is 2.29. The molecule has 1 aliphatic rings. The van der Waals surface area contributed by atoms with E-state index in [1.165, 1.54) is 0 Å². The van der Waals surface area contributed by atoms with E-state index in [0.29, 0.717) is 22.8 Å². The van der Waals surface area contributed by atoms with Crippen molar-refractivity contribution < 1.29 is 14.4 Å². The van der Waals surface area contributed by atoms with Crippen LogP contribution >= 0.6 is 27.5 Å². The summed E-state index contributed by atoms with van der Waals surface area (Å²) >= 11 is 9.44. The summed E-state index contributed by atoms with van der Waals surface area (Å²) in [6, 6.07) is 19.7. The zero-order valence-corrected chi connectivity index (χ0v) is 20.9. The van der Waals surface area contributed by atoms with Crippen molar-refractivity contribution in [1.82, 2.24) is 9.88 Å². The second-order valence-electron chi connectivity index (χ2n) is 8.25. The number of benzene rings is 3. The number of hydrogen-bond acceptors (Lipinski definition) is 3. The summed E-state index contributed by atoms with van der Waals surface area (Å²) < 4.78 is 2.91. The van der Waals surface area contributed by atoms with Crippen LogP contribution < -0.4 is 10.2 Å². The Morgan fingerprint density at radius 2 is 1.74 bits per heavy atom. The summed E-state index contributed by atoms with van der Waals surface area (Å²) in [7, 11) is 0. The number of nitrogens with one attached hydrogen (secondary N) is 1. The molecule has 0 bridgehead atoms. The van der Waals surface area contributed by atoms with Crippen molar-refractivity contribution in [3.63, 3.8) is 0 Å². The molecule has 4 amide bonds. The molecule has 1 saturated heterocycles. The lowest BCUT2D eigenvalue weighted by Crippen LogP contribution is -2.54. The van der Waals surface area contributed by atoms with Gasteiger partial charge >= 0.3 is 6.03 Å².